The predicted octanol–water partition coefficient (Wildman–Crippen LogP) is 2.83. The fourth-order valence-corrected chi connectivity index (χ4v) is 2.49. The van der Waals surface area contributed by atoms with Gasteiger partial charge in [0, 0.05) is 22.4 Å². The van der Waals surface area contributed by atoms with Crippen molar-refractivity contribution in [3.05, 3.63) is 16.1 Å². The first-order valence-electron chi connectivity index (χ1n) is 5.15. The second kappa shape index (κ2) is 3.87. The first kappa shape index (κ1) is 11.6. The van der Waals surface area contributed by atoms with Crippen molar-refractivity contribution < 1.29 is 0 Å². The number of nitrogens with zero attached hydrogens (tertiary/aromatic N) is 3. The van der Waals surface area contributed by atoms with Crippen molar-refractivity contribution in [2.45, 2.75) is 26.3 Å². The molecule has 0 unspecified atom stereocenters. The minimum atomic E-state index is 0.0288. The number of anilines is 1. The molecular weight excluding hydrogens is 315 g/mol. The Hall–Kier alpha value is -0.850. The molecule has 2 rings (SSSR count). The molecule has 0 saturated heterocycles. The molecule has 0 aliphatic carbocycles. The summed E-state index contributed by atoms with van der Waals surface area (Å²) in [6, 6.07) is 0. The molecule has 0 aromatic carbocycles. The first-order chi connectivity index (χ1) is 7.45. The monoisotopic (exact) mass is 330 g/mol. The Balaban J connectivity index is 2.82. The van der Waals surface area contributed by atoms with Gasteiger partial charge in [-0.25, -0.2) is 9.97 Å². The summed E-state index contributed by atoms with van der Waals surface area (Å²) in [5.41, 5.74) is 1.01. The van der Waals surface area contributed by atoms with E-state index in [-0.39, 0.29) is 5.54 Å². The second-order valence-corrected chi connectivity index (χ2v) is 5.85. The van der Waals surface area contributed by atoms with Crippen molar-refractivity contribution in [3.63, 3.8) is 0 Å². The highest BCUT2D eigenvalue weighted by Crippen LogP contribution is 2.30. The van der Waals surface area contributed by atoms with E-state index in [1.807, 2.05) is 7.05 Å². The van der Waals surface area contributed by atoms with Crippen LogP contribution < -0.4 is 5.32 Å². The molecule has 0 spiro atoms. The van der Waals surface area contributed by atoms with Gasteiger partial charge >= 0.3 is 0 Å². The highest BCUT2D eigenvalue weighted by molar-refractivity contribution is 14.1. The van der Waals surface area contributed by atoms with Crippen molar-refractivity contribution >= 4 is 39.4 Å². The highest BCUT2D eigenvalue weighted by atomic mass is 127. The highest BCUT2D eigenvalue weighted by Gasteiger charge is 2.20. The van der Waals surface area contributed by atoms with Gasteiger partial charge in [0.1, 0.15) is 17.8 Å². The molecule has 16 heavy (non-hydrogen) atoms. The van der Waals surface area contributed by atoms with Gasteiger partial charge in [-0.05, 0) is 43.4 Å². The maximum absolute atomic E-state index is 4.38. The fraction of sp³-hybridized carbons (Fsp3) is 0.455. The van der Waals surface area contributed by atoms with Crippen LogP contribution in [0.3, 0.4) is 0 Å². The maximum atomic E-state index is 4.38. The standard InChI is InChI=1S/C11H15IN4/c1-11(2,3)16-5-7(12)8-9(13-4)14-6-15-10(8)16/h5-6H,1-4H3,(H,13,14,15). The van der Waals surface area contributed by atoms with Gasteiger partial charge in [-0.3, -0.25) is 0 Å². The van der Waals surface area contributed by atoms with Crippen LogP contribution in [0.1, 0.15) is 20.8 Å². The van der Waals surface area contributed by atoms with E-state index in [0.717, 1.165) is 16.9 Å². The Bertz CT molecular complexity index is 524. The van der Waals surface area contributed by atoms with Gasteiger partial charge in [-0.15, -0.1) is 0 Å². The lowest BCUT2D eigenvalue weighted by atomic mass is 10.1. The molecule has 0 aliphatic rings. The Labute approximate surface area is 109 Å². The lowest BCUT2D eigenvalue weighted by Gasteiger charge is -2.21. The van der Waals surface area contributed by atoms with Crippen molar-refractivity contribution in [1.29, 1.82) is 0 Å². The van der Waals surface area contributed by atoms with Crippen molar-refractivity contribution in [1.82, 2.24) is 14.5 Å². The molecule has 4 nitrogen and oxygen atoms in total. The normalized spacial score (nSPS) is 12.1. The molecule has 0 radical (unpaired) electrons. The van der Waals surface area contributed by atoms with Gasteiger partial charge in [0.2, 0.25) is 0 Å². The molecule has 0 saturated carbocycles. The third kappa shape index (κ3) is 1.77. The Kier molecular flexibility index (Phi) is 2.81. The van der Waals surface area contributed by atoms with Crippen LogP contribution in [-0.2, 0) is 5.54 Å². The predicted molar refractivity (Wildman–Crippen MR) is 74.8 cm³/mol. The summed E-state index contributed by atoms with van der Waals surface area (Å²) < 4.78 is 3.36. The van der Waals surface area contributed by atoms with Crippen LogP contribution in [0, 0.1) is 3.57 Å². The summed E-state index contributed by atoms with van der Waals surface area (Å²) >= 11 is 2.33. The zero-order valence-electron chi connectivity index (χ0n) is 9.87. The second-order valence-electron chi connectivity index (χ2n) is 4.69. The average molecular weight is 330 g/mol. The van der Waals surface area contributed by atoms with Crippen molar-refractivity contribution in [2.24, 2.45) is 0 Å². The van der Waals surface area contributed by atoms with Crippen LogP contribution in [0.2, 0.25) is 0 Å². The van der Waals surface area contributed by atoms with E-state index in [2.05, 4.69) is 69.4 Å². The molecule has 5 heteroatoms. The molecule has 2 heterocycles. The fourth-order valence-electron chi connectivity index (χ4n) is 1.72. The summed E-state index contributed by atoms with van der Waals surface area (Å²) in [7, 11) is 1.88. The molecule has 0 aliphatic heterocycles. The van der Waals surface area contributed by atoms with Gasteiger partial charge < -0.3 is 9.88 Å². The summed E-state index contributed by atoms with van der Waals surface area (Å²) in [4.78, 5) is 8.63. The SMILES string of the molecule is CNc1ncnc2c1c(I)cn2C(C)(C)C. The van der Waals surface area contributed by atoms with Gasteiger partial charge in [0.25, 0.3) is 0 Å². The van der Waals surface area contributed by atoms with Crippen LogP contribution in [0.4, 0.5) is 5.82 Å². The molecule has 0 atom stereocenters. The number of hydrogen-bond acceptors (Lipinski definition) is 3. The molecule has 86 valence electrons. The van der Waals surface area contributed by atoms with Gasteiger partial charge in [0.05, 0.1) is 5.39 Å². The van der Waals surface area contributed by atoms with E-state index in [9.17, 15) is 0 Å². The first-order valence-corrected chi connectivity index (χ1v) is 6.23. The van der Waals surface area contributed by atoms with Crippen LogP contribution in [0.5, 0.6) is 0 Å². The molecule has 0 amide bonds. The molecule has 2 aromatic heterocycles. The summed E-state index contributed by atoms with van der Waals surface area (Å²) in [6.07, 6.45) is 3.73. The maximum Gasteiger partial charge on any atom is 0.147 e. The average Bonchev–Trinajstić information content (AvgIpc) is 2.56. The zero-order chi connectivity index (χ0) is 11.9. The number of fused-ring (bicyclic) bond motifs is 1. The van der Waals surface area contributed by atoms with Crippen LogP contribution in [0.25, 0.3) is 11.0 Å². The molecular formula is C11H15IN4. The lowest BCUT2D eigenvalue weighted by Crippen LogP contribution is -2.21. The number of halogens is 1. The Morgan fingerprint density at radius 2 is 2.00 bits per heavy atom. The smallest absolute Gasteiger partial charge is 0.147 e. The van der Waals surface area contributed by atoms with Crippen LogP contribution in [0.15, 0.2) is 12.5 Å². The third-order valence-electron chi connectivity index (χ3n) is 2.50. The Morgan fingerprint density at radius 1 is 1.31 bits per heavy atom. The molecule has 0 fully saturated rings. The number of rotatable bonds is 1. The van der Waals surface area contributed by atoms with Crippen molar-refractivity contribution in [3.8, 4) is 0 Å². The molecule has 1 N–H and O–H groups in total. The van der Waals surface area contributed by atoms with Crippen LogP contribution >= 0.6 is 22.6 Å². The van der Waals surface area contributed by atoms with E-state index in [0.29, 0.717) is 0 Å². The zero-order valence-corrected chi connectivity index (χ0v) is 12.0. The van der Waals surface area contributed by atoms with E-state index < -0.39 is 0 Å². The minimum absolute atomic E-state index is 0.0288. The molecule has 2 aromatic rings. The summed E-state index contributed by atoms with van der Waals surface area (Å²) in [5, 5.41) is 4.20. The number of nitrogens with one attached hydrogen (secondary N) is 1. The largest absolute Gasteiger partial charge is 0.372 e. The summed E-state index contributed by atoms with van der Waals surface area (Å²) in [5.74, 6) is 0.886. The van der Waals surface area contributed by atoms with Gasteiger partial charge in [-0.2, -0.15) is 0 Å². The van der Waals surface area contributed by atoms with E-state index >= 15 is 0 Å². The van der Waals surface area contributed by atoms with E-state index in [1.165, 1.54) is 3.57 Å². The summed E-state index contributed by atoms with van der Waals surface area (Å²) in [6.45, 7) is 6.51. The third-order valence-corrected chi connectivity index (χ3v) is 3.31. The molecule has 0 bridgehead atoms. The Morgan fingerprint density at radius 3 is 2.56 bits per heavy atom. The van der Waals surface area contributed by atoms with Crippen LogP contribution in [-0.4, -0.2) is 21.6 Å². The van der Waals surface area contributed by atoms with E-state index in [4.69, 9.17) is 0 Å². The number of aromatic nitrogens is 3. The topological polar surface area (TPSA) is 42.7 Å². The van der Waals surface area contributed by atoms with Crippen molar-refractivity contribution in [2.75, 3.05) is 12.4 Å². The minimum Gasteiger partial charge on any atom is -0.372 e. The van der Waals surface area contributed by atoms with Gasteiger partial charge in [-0.1, -0.05) is 0 Å². The lowest BCUT2D eigenvalue weighted by molar-refractivity contribution is 0.408. The van der Waals surface area contributed by atoms with Gasteiger partial charge in [0.15, 0.2) is 0 Å². The quantitative estimate of drug-likeness (QED) is 0.818. The number of hydrogen-bond donors (Lipinski definition) is 1. The van der Waals surface area contributed by atoms with E-state index in [1.54, 1.807) is 6.33 Å².